The number of nitrogens with one attached hydrogen (secondary N) is 1. The van der Waals surface area contributed by atoms with Gasteiger partial charge >= 0.3 is 0 Å². The Hall–Kier alpha value is -2.19. The van der Waals surface area contributed by atoms with Crippen molar-refractivity contribution in [2.24, 2.45) is 0 Å². The molecule has 26 heavy (non-hydrogen) atoms. The number of rotatable bonds is 5. The Balaban J connectivity index is 1.76. The third-order valence-corrected chi connectivity index (χ3v) is 6.78. The van der Waals surface area contributed by atoms with E-state index in [2.05, 4.69) is 9.82 Å². The van der Waals surface area contributed by atoms with Crippen molar-refractivity contribution in [1.82, 2.24) is 9.78 Å². The van der Waals surface area contributed by atoms with Crippen LogP contribution in [0.1, 0.15) is 31.7 Å². The van der Waals surface area contributed by atoms with Gasteiger partial charge in [0.2, 0.25) is 0 Å². The summed E-state index contributed by atoms with van der Waals surface area (Å²) in [6.45, 7) is 0. The van der Waals surface area contributed by atoms with E-state index in [4.69, 9.17) is 0 Å². The number of sulfonamides is 1. The van der Waals surface area contributed by atoms with Gasteiger partial charge in [0.1, 0.15) is 16.4 Å². The van der Waals surface area contributed by atoms with Crippen LogP contribution in [0.15, 0.2) is 52.9 Å². The van der Waals surface area contributed by atoms with E-state index >= 15 is 0 Å². The van der Waals surface area contributed by atoms with Crippen molar-refractivity contribution in [1.29, 1.82) is 0 Å². The maximum absolute atomic E-state index is 13.4. The third kappa shape index (κ3) is 3.39. The molecule has 0 bridgehead atoms. The SMILES string of the molecule is O=S(=O)(Nc1cccc(F)c1)c1cn(C2CCCC2)nc1-c1cccs1. The minimum absolute atomic E-state index is 0.121. The average molecular weight is 391 g/mol. The Morgan fingerprint density at radius 2 is 2.00 bits per heavy atom. The number of anilines is 1. The summed E-state index contributed by atoms with van der Waals surface area (Å²) in [5, 5.41) is 6.48. The van der Waals surface area contributed by atoms with Crippen molar-refractivity contribution in [2.75, 3.05) is 4.72 Å². The van der Waals surface area contributed by atoms with E-state index in [1.54, 1.807) is 10.9 Å². The van der Waals surface area contributed by atoms with Crippen LogP contribution >= 0.6 is 11.3 Å². The van der Waals surface area contributed by atoms with Crippen LogP contribution in [0.5, 0.6) is 0 Å². The number of hydrogen-bond donors (Lipinski definition) is 1. The number of halogens is 1. The maximum atomic E-state index is 13.4. The molecule has 1 saturated carbocycles. The Morgan fingerprint density at radius 1 is 1.19 bits per heavy atom. The van der Waals surface area contributed by atoms with E-state index in [0.29, 0.717) is 5.69 Å². The van der Waals surface area contributed by atoms with Gasteiger partial charge in [0, 0.05) is 6.20 Å². The molecule has 3 aromatic rings. The van der Waals surface area contributed by atoms with Crippen molar-refractivity contribution < 1.29 is 12.8 Å². The summed E-state index contributed by atoms with van der Waals surface area (Å²) >= 11 is 1.44. The molecule has 0 unspecified atom stereocenters. The first-order valence-electron chi connectivity index (χ1n) is 8.44. The van der Waals surface area contributed by atoms with Gasteiger partial charge in [-0.05, 0) is 42.5 Å². The van der Waals surface area contributed by atoms with Crippen molar-refractivity contribution in [3.63, 3.8) is 0 Å². The highest BCUT2D eigenvalue weighted by Crippen LogP contribution is 2.35. The number of hydrogen-bond acceptors (Lipinski definition) is 4. The summed E-state index contributed by atoms with van der Waals surface area (Å²) in [6, 6.07) is 9.36. The lowest BCUT2D eigenvalue weighted by atomic mass is 10.3. The van der Waals surface area contributed by atoms with Gasteiger partial charge in [0.25, 0.3) is 10.0 Å². The molecule has 0 saturated heterocycles. The molecular weight excluding hydrogens is 373 g/mol. The van der Waals surface area contributed by atoms with Gasteiger partial charge < -0.3 is 0 Å². The number of thiophene rings is 1. The zero-order chi connectivity index (χ0) is 18.1. The molecule has 2 aromatic heterocycles. The van der Waals surface area contributed by atoms with Crippen LogP contribution in [0.2, 0.25) is 0 Å². The average Bonchev–Trinajstić information content (AvgIpc) is 3.34. The first-order valence-corrected chi connectivity index (χ1v) is 10.8. The lowest BCUT2D eigenvalue weighted by Gasteiger charge is -2.09. The highest BCUT2D eigenvalue weighted by molar-refractivity contribution is 7.92. The first-order chi connectivity index (χ1) is 12.5. The van der Waals surface area contributed by atoms with Crippen LogP contribution in [0, 0.1) is 5.82 Å². The molecule has 1 aromatic carbocycles. The van der Waals surface area contributed by atoms with Gasteiger partial charge in [-0.1, -0.05) is 25.0 Å². The van der Waals surface area contributed by atoms with Crippen molar-refractivity contribution in [3.05, 3.63) is 53.8 Å². The van der Waals surface area contributed by atoms with Crippen molar-refractivity contribution in [3.8, 4) is 10.6 Å². The Labute approximate surface area is 155 Å². The van der Waals surface area contributed by atoms with Crippen LogP contribution in [0.25, 0.3) is 10.6 Å². The molecule has 8 heteroatoms. The second kappa shape index (κ2) is 6.85. The molecule has 4 rings (SSSR count). The molecular formula is C18H18FN3O2S2. The summed E-state index contributed by atoms with van der Waals surface area (Å²) in [6.07, 6.45) is 5.86. The highest BCUT2D eigenvalue weighted by Gasteiger charge is 2.27. The number of aromatic nitrogens is 2. The van der Waals surface area contributed by atoms with Crippen LogP contribution in [-0.4, -0.2) is 18.2 Å². The standard InChI is InChI=1S/C18H18FN3O2S2/c19-13-5-3-6-14(11-13)21-26(23,24)17-12-22(15-7-1-2-8-15)20-18(17)16-9-4-10-25-16/h3-6,9-12,15,21H,1-2,7-8H2. The minimum Gasteiger partial charge on any atom is -0.279 e. The summed E-state index contributed by atoms with van der Waals surface area (Å²) in [4.78, 5) is 0.914. The summed E-state index contributed by atoms with van der Waals surface area (Å²) in [5.74, 6) is -0.495. The molecule has 1 aliphatic rings. The lowest BCUT2D eigenvalue weighted by Crippen LogP contribution is -2.13. The third-order valence-electron chi connectivity index (χ3n) is 4.52. The highest BCUT2D eigenvalue weighted by atomic mass is 32.2. The van der Waals surface area contributed by atoms with Crippen molar-refractivity contribution >= 4 is 27.0 Å². The largest absolute Gasteiger partial charge is 0.279 e. The fourth-order valence-electron chi connectivity index (χ4n) is 3.27. The van der Waals surface area contributed by atoms with E-state index in [0.717, 1.165) is 36.6 Å². The van der Waals surface area contributed by atoms with E-state index in [-0.39, 0.29) is 16.6 Å². The molecule has 0 amide bonds. The zero-order valence-electron chi connectivity index (χ0n) is 13.9. The van der Waals surface area contributed by atoms with E-state index in [9.17, 15) is 12.8 Å². The molecule has 1 fully saturated rings. The fraction of sp³-hybridized carbons (Fsp3) is 0.278. The van der Waals surface area contributed by atoms with Crippen LogP contribution in [0.3, 0.4) is 0 Å². The van der Waals surface area contributed by atoms with Gasteiger partial charge in [-0.2, -0.15) is 5.10 Å². The summed E-state index contributed by atoms with van der Waals surface area (Å²) in [7, 11) is -3.89. The number of nitrogens with zero attached hydrogens (tertiary/aromatic N) is 2. The molecule has 0 aliphatic heterocycles. The van der Waals surface area contributed by atoms with Crippen LogP contribution in [-0.2, 0) is 10.0 Å². The Bertz CT molecular complexity index is 1010. The van der Waals surface area contributed by atoms with E-state index < -0.39 is 15.8 Å². The normalized spacial score (nSPS) is 15.4. The van der Waals surface area contributed by atoms with E-state index in [1.807, 2.05) is 17.5 Å². The van der Waals surface area contributed by atoms with Crippen molar-refractivity contribution in [2.45, 2.75) is 36.6 Å². The van der Waals surface area contributed by atoms with Gasteiger partial charge in [-0.25, -0.2) is 12.8 Å². The lowest BCUT2D eigenvalue weighted by molar-refractivity contribution is 0.467. The molecule has 0 atom stereocenters. The molecule has 0 spiro atoms. The van der Waals surface area contributed by atoms with E-state index in [1.165, 1.54) is 29.5 Å². The second-order valence-electron chi connectivity index (χ2n) is 6.35. The second-order valence-corrected chi connectivity index (χ2v) is 8.95. The van der Waals surface area contributed by atoms with Gasteiger partial charge in [0.05, 0.1) is 16.6 Å². The maximum Gasteiger partial charge on any atom is 0.265 e. The number of benzene rings is 1. The molecule has 5 nitrogen and oxygen atoms in total. The Morgan fingerprint density at radius 3 is 2.69 bits per heavy atom. The van der Waals surface area contributed by atoms with Gasteiger partial charge in [-0.15, -0.1) is 11.3 Å². The minimum atomic E-state index is -3.89. The van der Waals surface area contributed by atoms with Crippen LogP contribution < -0.4 is 4.72 Å². The summed E-state index contributed by atoms with van der Waals surface area (Å²) < 4.78 is 43.6. The summed E-state index contributed by atoms with van der Waals surface area (Å²) in [5.41, 5.74) is 0.631. The first kappa shape index (κ1) is 17.2. The smallest absolute Gasteiger partial charge is 0.265 e. The molecule has 1 aliphatic carbocycles. The topological polar surface area (TPSA) is 64.0 Å². The fourth-order valence-corrected chi connectivity index (χ4v) is 5.26. The molecule has 136 valence electrons. The van der Waals surface area contributed by atoms with Gasteiger partial charge in [0.15, 0.2) is 0 Å². The monoisotopic (exact) mass is 391 g/mol. The zero-order valence-corrected chi connectivity index (χ0v) is 15.6. The predicted octanol–water partition coefficient (Wildman–Crippen LogP) is 4.67. The molecule has 2 heterocycles. The van der Waals surface area contributed by atoms with Gasteiger partial charge in [-0.3, -0.25) is 9.40 Å². The molecule has 0 radical (unpaired) electrons. The Kier molecular flexibility index (Phi) is 4.54. The molecule has 1 N–H and O–H groups in total. The predicted molar refractivity (Wildman–Crippen MR) is 100 cm³/mol. The van der Waals surface area contributed by atoms with Crippen LogP contribution in [0.4, 0.5) is 10.1 Å². The quantitative estimate of drug-likeness (QED) is 0.688.